The molecular weight excluding hydrogens is 208 g/mol. The number of hydrogen-bond acceptors (Lipinski definition) is 3. The van der Waals surface area contributed by atoms with Crippen molar-refractivity contribution in [2.24, 2.45) is 0 Å². The molecule has 1 atom stereocenters. The number of hydrogen-bond donors (Lipinski definition) is 0. The minimum atomic E-state index is -0.362. The second kappa shape index (κ2) is 4.30. The zero-order valence-corrected chi connectivity index (χ0v) is 8.70. The Balaban J connectivity index is 2.23. The molecule has 0 N–H and O–H groups in total. The first-order chi connectivity index (χ1) is 7.68. The van der Waals surface area contributed by atoms with Gasteiger partial charge in [0.2, 0.25) is 12.5 Å². The fourth-order valence-corrected chi connectivity index (χ4v) is 2.03. The number of carbonyl (C=O) groups is 1. The highest BCUT2D eigenvalue weighted by Crippen LogP contribution is 2.26. The van der Waals surface area contributed by atoms with Gasteiger partial charge in [-0.2, -0.15) is 0 Å². The average molecular weight is 220 g/mol. The summed E-state index contributed by atoms with van der Waals surface area (Å²) in [6.07, 6.45) is 0.960. The van der Waals surface area contributed by atoms with E-state index in [0.29, 0.717) is 12.8 Å². The molecule has 0 aliphatic carbocycles. The Morgan fingerprint density at radius 1 is 1.38 bits per heavy atom. The van der Waals surface area contributed by atoms with Gasteiger partial charge >= 0.3 is 0 Å². The largest absolute Gasteiger partial charge is 0.303 e. The quantitative estimate of drug-likeness (QED) is 0.572. The van der Waals surface area contributed by atoms with Crippen LogP contribution < -0.4 is 4.90 Å². The molecule has 1 aromatic carbocycles. The fourth-order valence-electron chi connectivity index (χ4n) is 2.03. The van der Waals surface area contributed by atoms with E-state index >= 15 is 0 Å². The van der Waals surface area contributed by atoms with E-state index in [-0.39, 0.29) is 23.4 Å². The topological polar surface area (TPSA) is 63.4 Å². The SMILES string of the molecule is O=C1CCC(C[N+](=O)[O-])N1c1ccccc1. The van der Waals surface area contributed by atoms with Gasteiger partial charge in [0.15, 0.2) is 0 Å². The van der Waals surface area contributed by atoms with E-state index in [1.165, 1.54) is 0 Å². The summed E-state index contributed by atoms with van der Waals surface area (Å²) in [5, 5.41) is 10.5. The van der Waals surface area contributed by atoms with E-state index in [1.54, 1.807) is 17.0 Å². The van der Waals surface area contributed by atoms with Gasteiger partial charge in [-0.1, -0.05) is 18.2 Å². The van der Waals surface area contributed by atoms with Gasteiger partial charge in [0, 0.05) is 17.0 Å². The lowest BCUT2D eigenvalue weighted by atomic mass is 10.2. The zero-order valence-electron chi connectivity index (χ0n) is 8.70. The third-order valence-electron chi connectivity index (χ3n) is 2.72. The Morgan fingerprint density at radius 3 is 2.69 bits per heavy atom. The number of amides is 1. The van der Waals surface area contributed by atoms with Crippen LogP contribution in [-0.2, 0) is 4.79 Å². The Kier molecular flexibility index (Phi) is 2.85. The van der Waals surface area contributed by atoms with Crippen LogP contribution in [0, 0.1) is 10.1 Å². The van der Waals surface area contributed by atoms with E-state index in [2.05, 4.69) is 0 Å². The van der Waals surface area contributed by atoms with Crippen molar-refractivity contribution in [2.75, 3.05) is 11.4 Å². The highest BCUT2D eigenvalue weighted by molar-refractivity contribution is 5.96. The Bertz CT molecular complexity index is 405. The van der Waals surface area contributed by atoms with Gasteiger partial charge in [0.25, 0.3) is 0 Å². The summed E-state index contributed by atoms with van der Waals surface area (Å²) in [4.78, 5) is 23.4. The van der Waals surface area contributed by atoms with Gasteiger partial charge in [-0.3, -0.25) is 14.9 Å². The van der Waals surface area contributed by atoms with Crippen molar-refractivity contribution in [3.8, 4) is 0 Å². The first kappa shape index (κ1) is 10.6. The lowest BCUT2D eigenvalue weighted by Gasteiger charge is -2.21. The van der Waals surface area contributed by atoms with Crippen LogP contribution in [0.4, 0.5) is 5.69 Å². The molecule has 84 valence electrons. The van der Waals surface area contributed by atoms with Crippen molar-refractivity contribution in [2.45, 2.75) is 18.9 Å². The summed E-state index contributed by atoms with van der Waals surface area (Å²) in [6, 6.07) is 8.80. The van der Waals surface area contributed by atoms with Gasteiger partial charge < -0.3 is 4.90 Å². The summed E-state index contributed by atoms with van der Waals surface area (Å²) < 4.78 is 0. The van der Waals surface area contributed by atoms with Crippen LogP contribution in [0.15, 0.2) is 30.3 Å². The molecule has 1 aromatic rings. The van der Waals surface area contributed by atoms with Crippen LogP contribution in [0.3, 0.4) is 0 Å². The smallest absolute Gasteiger partial charge is 0.227 e. The van der Waals surface area contributed by atoms with Gasteiger partial charge in [-0.25, -0.2) is 0 Å². The molecule has 1 saturated heterocycles. The molecule has 0 saturated carbocycles. The molecule has 1 amide bonds. The first-order valence-corrected chi connectivity index (χ1v) is 5.17. The zero-order chi connectivity index (χ0) is 11.5. The van der Waals surface area contributed by atoms with E-state index in [9.17, 15) is 14.9 Å². The molecule has 1 unspecified atom stereocenters. The van der Waals surface area contributed by atoms with Crippen molar-refractivity contribution in [1.82, 2.24) is 0 Å². The minimum absolute atomic E-state index is 0.0296. The van der Waals surface area contributed by atoms with E-state index in [1.807, 2.05) is 18.2 Å². The van der Waals surface area contributed by atoms with Crippen molar-refractivity contribution in [1.29, 1.82) is 0 Å². The molecule has 1 aliphatic rings. The van der Waals surface area contributed by atoms with Crippen LogP contribution in [0.2, 0.25) is 0 Å². The standard InChI is InChI=1S/C11H12N2O3/c14-11-7-6-10(8-12(15)16)13(11)9-4-2-1-3-5-9/h1-5,10H,6-8H2. The number of anilines is 1. The molecule has 0 radical (unpaired) electrons. The third-order valence-corrected chi connectivity index (χ3v) is 2.72. The van der Waals surface area contributed by atoms with E-state index < -0.39 is 0 Å². The third kappa shape index (κ3) is 2.03. The maximum absolute atomic E-state index is 11.7. The first-order valence-electron chi connectivity index (χ1n) is 5.17. The van der Waals surface area contributed by atoms with Gasteiger partial charge in [-0.05, 0) is 18.6 Å². The van der Waals surface area contributed by atoms with Gasteiger partial charge in [0.1, 0.15) is 6.04 Å². The van der Waals surface area contributed by atoms with Crippen LogP contribution in [0.25, 0.3) is 0 Å². The highest BCUT2D eigenvalue weighted by Gasteiger charge is 2.35. The van der Waals surface area contributed by atoms with Crippen LogP contribution in [0.1, 0.15) is 12.8 Å². The Morgan fingerprint density at radius 2 is 2.06 bits per heavy atom. The van der Waals surface area contributed by atoms with Crippen molar-refractivity contribution in [3.63, 3.8) is 0 Å². The fraction of sp³-hybridized carbons (Fsp3) is 0.364. The maximum atomic E-state index is 11.7. The molecule has 0 spiro atoms. The Labute approximate surface area is 92.8 Å². The van der Waals surface area contributed by atoms with Gasteiger partial charge in [0.05, 0.1) is 0 Å². The van der Waals surface area contributed by atoms with Crippen molar-refractivity contribution >= 4 is 11.6 Å². The summed E-state index contributed by atoms with van der Waals surface area (Å²) in [6.45, 7) is -0.180. The van der Waals surface area contributed by atoms with E-state index in [0.717, 1.165) is 5.69 Å². The monoisotopic (exact) mass is 220 g/mol. The molecule has 16 heavy (non-hydrogen) atoms. The van der Waals surface area contributed by atoms with E-state index in [4.69, 9.17) is 0 Å². The molecular formula is C11H12N2O3. The molecule has 5 heteroatoms. The van der Waals surface area contributed by atoms with Crippen molar-refractivity contribution in [3.05, 3.63) is 40.4 Å². The molecule has 1 fully saturated rings. The number of para-hydroxylation sites is 1. The average Bonchev–Trinajstić information content (AvgIpc) is 2.60. The molecule has 0 aromatic heterocycles. The van der Waals surface area contributed by atoms with Gasteiger partial charge in [-0.15, -0.1) is 0 Å². The summed E-state index contributed by atoms with van der Waals surface area (Å²) in [7, 11) is 0. The predicted molar refractivity (Wildman–Crippen MR) is 58.8 cm³/mol. The molecule has 2 rings (SSSR count). The number of rotatable bonds is 3. The normalized spacial score (nSPS) is 20.1. The summed E-state index contributed by atoms with van der Waals surface area (Å²) >= 11 is 0. The van der Waals surface area contributed by atoms with Crippen LogP contribution >= 0.6 is 0 Å². The number of carbonyl (C=O) groups excluding carboxylic acids is 1. The molecule has 0 bridgehead atoms. The lowest BCUT2D eigenvalue weighted by Crippen LogP contribution is -2.37. The number of nitro groups is 1. The lowest BCUT2D eigenvalue weighted by molar-refractivity contribution is -0.482. The second-order valence-corrected chi connectivity index (χ2v) is 3.81. The molecule has 1 heterocycles. The predicted octanol–water partition coefficient (Wildman–Crippen LogP) is 1.46. The molecule has 5 nitrogen and oxygen atoms in total. The summed E-state index contributed by atoms with van der Waals surface area (Å²) in [5.41, 5.74) is 0.747. The minimum Gasteiger partial charge on any atom is -0.303 e. The number of benzene rings is 1. The molecule has 1 aliphatic heterocycles. The van der Waals surface area contributed by atoms with Crippen molar-refractivity contribution < 1.29 is 9.72 Å². The van der Waals surface area contributed by atoms with Crippen LogP contribution in [-0.4, -0.2) is 23.4 Å². The summed E-state index contributed by atoms with van der Waals surface area (Å²) in [5.74, 6) is -0.0296. The number of nitrogens with zero attached hydrogens (tertiary/aromatic N) is 2. The maximum Gasteiger partial charge on any atom is 0.227 e. The van der Waals surface area contributed by atoms with Crippen LogP contribution in [0.5, 0.6) is 0 Å². The second-order valence-electron chi connectivity index (χ2n) is 3.81. The Hall–Kier alpha value is -1.91. The highest BCUT2D eigenvalue weighted by atomic mass is 16.6.